The molecule has 0 spiro atoms. The van der Waals surface area contributed by atoms with Crippen molar-refractivity contribution in [2.75, 3.05) is 38.0 Å². The van der Waals surface area contributed by atoms with Crippen molar-refractivity contribution in [3.63, 3.8) is 0 Å². The van der Waals surface area contributed by atoms with E-state index in [1.807, 2.05) is 31.1 Å². The zero-order valence-electron chi connectivity index (χ0n) is 15.0. The van der Waals surface area contributed by atoms with Crippen molar-refractivity contribution in [3.05, 3.63) is 36.4 Å². The first-order valence-electron chi connectivity index (χ1n) is 8.32. The highest BCUT2D eigenvalue weighted by atomic mass is 32.2. The molecule has 144 valence electrons. The third-order valence-electron chi connectivity index (χ3n) is 4.13. The largest absolute Gasteiger partial charge is 0.360 e. The molecule has 0 unspecified atom stereocenters. The van der Waals surface area contributed by atoms with Crippen molar-refractivity contribution >= 4 is 49.7 Å². The maximum Gasteiger partial charge on any atom is 0.265 e. The van der Waals surface area contributed by atoms with Gasteiger partial charge in [-0.2, -0.15) is 0 Å². The second-order valence-corrected chi connectivity index (χ2v) is 8.61. The van der Waals surface area contributed by atoms with Gasteiger partial charge in [0.1, 0.15) is 6.54 Å². The average Bonchev–Trinajstić information content (AvgIpc) is 2.83. The van der Waals surface area contributed by atoms with Gasteiger partial charge in [-0.05, 0) is 43.8 Å². The van der Waals surface area contributed by atoms with Gasteiger partial charge in [-0.25, -0.2) is 8.42 Å². The van der Waals surface area contributed by atoms with E-state index in [9.17, 15) is 13.2 Å². The normalized spacial score (nSPS) is 14.4. The summed E-state index contributed by atoms with van der Waals surface area (Å²) in [5, 5.41) is 4.67. The summed E-state index contributed by atoms with van der Waals surface area (Å²) >= 11 is 5.07. The minimum absolute atomic E-state index is 0.220. The molecule has 0 atom stereocenters. The molecule has 0 bridgehead atoms. The van der Waals surface area contributed by atoms with Gasteiger partial charge in [-0.1, -0.05) is 24.3 Å². The molecular formula is C17H21N5O3S2. The Balaban J connectivity index is 1.65. The summed E-state index contributed by atoms with van der Waals surface area (Å²) in [5.41, 5.74) is 5.52. The van der Waals surface area contributed by atoms with E-state index >= 15 is 0 Å². The first-order chi connectivity index (χ1) is 12.8. The number of rotatable bonds is 5. The number of sulfonamides is 1. The molecule has 3 rings (SSSR count). The molecule has 1 heterocycles. The highest BCUT2D eigenvalue weighted by molar-refractivity contribution is 7.93. The van der Waals surface area contributed by atoms with Crippen LogP contribution < -0.4 is 20.5 Å². The van der Waals surface area contributed by atoms with Crippen LogP contribution in [0.25, 0.3) is 10.8 Å². The Hall–Kier alpha value is -2.43. The van der Waals surface area contributed by atoms with Gasteiger partial charge in [0.05, 0.1) is 10.6 Å². The molecule has 0 aromatic heterocycles. The SMILES string of the molecule is CN(C)CCNC(=S)NNC(=O)CN1c2cccc3cccc(c23)S1(=O)=O. The first-order valence-corrected chi connectivity index (χ1v) is 10.2. The fraction of sp³-hybridized carbons (Fsp3) is 0.294. The van der Waals surface area contributed by atoms with Gasteiger partial charge in [0.15, 0.2) is 5.11 Å². The maximum atomic E-state index is 12.8. The van der Waals surface area contributed by atoms with E-state index in [1.54, 1.807) is 24.3 Å². The molecule has 0 fully saturated rings. The number of hydrazine groups is 1. The molecular weight excluding hydrogens is 386 g/mol. The zero-order chi connectivity index (χ0) is 19.6. The summed E-state index contributed by atoms with van der Waals surface area (Å²) in [5.74, 6) is -0.514. The quantitative estimate of drug-likeness (QED) is 0.488. The van der Waals surface area contributed by atoms with Crippen molar-refractivity contribution in [2.24, 2.45) is 0 Å². The minimum atomic E-state index is -3.77. The molecule has 8 nitrogen and oxygen atoms in total. The van der Waals surface area contributed by atoms with Crippen molar-refractivity contribution < 1.29 is 13.2 Å². The Kier molecular flexibility index (Phi) is 5.49. The van der Waals surface area contributed by atoms with E-state index in [0.717, 1.165) is 16.2 Å². The second-order valence-electron chi connectivity index (χ2n) is 6.38. The molecule has 2 aromatic rings. The van der Waals surface area contributed by atoms with Crippen LogP contribution in [-0.2, 0) is 14.8 Å². The molecule has 0 aliphatic carbocycles. The van der Waals surface area contributed by atoms with E-state index in [0.29, 0.717) is 17.6 Å². The number of thiocarbonyl (C=S) groups is 1. The maximum absolute atomic E-state index is 12.8. The topological polar surface area (TPSA) is 93.8 Å². The number of carbonyl (C=O) groups is 1. The lowest BCUT2D eigenvalue weighted by molar-refractivity contribution is -0.120. The van der Waals surface area contributed by atoms with Crippen LogP contribution in [0.3, 0.4) is 0 Å². The van der Waals surface area contributed by atoms with E-state index < -0.39 is 15.9 Å². The lowest BCUT2D eigenvalue weighted by Crippen LogP contribution is -2.50. The molecule has 0 saturated carbocycles. The van der Waals surface area contributed by atoms with Crippen molar-refractivity contribution in [3.8, 4) is 0 Å². The minimum Gasteiger partial charge on any atom is -0.360 e. The molecule has 1 aliphatic heterocycles. The number of nitrogens with one attached hydrogen (secondary N) is 3. The molecule has 1 amide bonds. The van der Waals surface area contributed by atoms with E-state index in [4.69, 9.17) is 12.2 Å². The summed E-state index contributed by atoms with van der Waals surface area (Å²) in [6, 6.07) is 10.4. The van der Waals surface area contributed by atoms with Crippen molar-refractivity contribution in [1.82, 2.24) is 21.1 Å². The summed E-state index contributed by atoms with van der Waals surface area (Å²) in [4.78, 5) is 14.5. The number of amides is 1. The molecule has 0 saturated heterocycles. The second kappa shape index (κ2) is 7.67. The Morgan fingerprint density at radius 2 is 1.85 bits per heavy atom. The van der Waals surface area contributed by atoms with E-state index in [1.165, 1.54) is 0 Å². The standard InChI is InChI=1S/C17H21N5O3S2/c1-21(2)10-9-18-17(26)20-19-15(23)11-22-13-7-3-5-12-6-4-8-14(16(12)13)27(22,24)25/h3-8H,9-11H2,1-2H3,(H,19,23)(H2,18,20,26). The average molecular weight is 408 g/mol. The lowest BCUT2D eigenvalue weighted by Gasteiger charge is -2.19. The van der Waals surface area contributed by atoms with Crippen LogP contribution >= 0.6 is 12.2 Å². The molecule has 2 aromatic carbocycles. The molecule has 27 heavy (non-hydrogen) atoms. The third-order valence-corrected chi connectivity index (χ3v) is 6.18. The van der Waals surface area contributed by atoms with Gasteiger partial charge in [-0.3, -0.25) is 20.0 Å². The van der Waals surface area contributed by atoms with Gasteiger partial charge in [-0.15, -0.1) is 0 Å². The van der Waals surface area contributed by atoms with Crippen LogP contribution in [0.15, 0.2) is 41.3 Å². The van der Waals surface area contributed by atoms with Gasteiger partial charge in [0.25, 0.3) is 15.9 Å². The zero-order valence-corrected chi connectivity index (χ0v) is 16.7. The number of nitrogens with zero attached hydrogens (tertiary/aromatic N) is 2. The van der Waals surface area contributed by atoms with E-state index in [2.05, 4.69) is 16.2 Å². The number of anilines is 1. The Morgan fingerprint density at radius 1 is 1.15 bits per heavy atom. The number of carbonyl (C=O) groups excluding carboxylic acids is 1. The summed E-state index contributed by atoms with van der Waals surface area (Å²) in [6.07, 6.45) is 0. The van der Waals surface area contributed by atoms with Crippen molar-refractivity contribution in [2.45, 2.75) is 4.90 Å². The van der Waals surface area contributed by atoms with Crippen molar-refractivity contribution in [1.29, 1.82) is 0 Å². The predicted octanol–water partition coefficient (Wildman–Crippen LogP) is 0.405. The molecule has 3 N–H and O–H groups in total. The monoisotopic (exact) mass is 407 g/mol. The number of hydrogen-bond donors (Lipinski definition) is 3. The Morgan fingerprint density at radius 3 is 2.56 bits per heavy atom. The van der Waals surface area contributed by atoms with Crippen LogP contribution in [0.1, 0.15) is 0 Å². The molecule has 1 aliphatic rings. The van der Waals surface area contributed by atoms with Crippen LogP contribution in [0.5, 0.6) is 0 Å². The van der Waals surface area contributed by atoms with Crippen LogP contribution in [-0.4, -0.2) is 58.1 Å². The summed E-state index contributed by atoms with van der Waals surface area (Å²) in [7, 11) is 0.114. The fourth-order valence-electron chi connectivity index (χ4n) is 2.86. The smallest absolute Gasteiger partial charge is 0.265 e. The first kappa shape index (κ1) is 19.3. The van der Waals surface area contributed by atoms with Gasteiger partial charge in [0.2, 0.25) is 0 Å². The number of benzene rings is 2. The molecule has 10 heteroatoms. The lowest BCUT2D eigenvalue weighted by atomic mass is 10.1. The number of likely N-dealkylation sites (N-methyl/N-ethyl adjacent to an activating group) is 1. The Bertz CT molecular complexity index is 986. The van der Waals surface area contributed by atoms with Crippen LogP contribution in [0.2, 0.25) is 0 Å². The van der Waals surface area contributed by atoms with E-state index in [-0.39, 0.29) is 16.6 Å². The fourth-order valence-corrected chi connectivity index (χ4v) is 4.68. The molecule has 0 radical (unpaired) electrons. The third kappa shape index (κ3) is 3.97. The van der Waals surface area contributed by atoms with Gasteiger partial charge < -0.3 is 10.2 Å². The summed E-state index contributed by atoms with van der Waals surface area (Å²) < 4.78 is 26.8. The van der Waals surface area contributed by atoms with Gasteiger partial charge in [0, 0.05) is 18.5 Å². The van der Waals surface area contributed by atoms with Crippen LogP contribution in [0, 0.1) is 0 Å². The highest BCUT2D eigenvalue weighted by Crippen LogP contribution is 2.41. The highest BCUT2D eigenvalue weighted by Gasteiger charge is 2.36. The Labute approximate surface area is 163 Å². The predicted molar refractivity (Wildman–Crippen MR) is 109 cm³/mol. The van der Waals surface area contributed by atoms with Gasteiger partial charge >= 0.3 is 0 Å². The summed E-state index contributed by atoms with van der Waals surface area (Å²) in [6.45, 7) is 1.06. The van der Waals surface area contributed by atoms with Crippen LogP contribution in [0.4, 0.5) is 5.69 Å². The number of hydrogen-bond acceptors (Lipinski definition) is 5.